The number of rotatable bonds is 10. The standard InChI is InChI=1S/C25H32N2O5/c1-30-20-11-12-23(31-2)21(16-20)22-10-7-14-27(22)24(28)18-26(15-13-25(29)32-3)17-19-8-5-4-6-9-19/h4-6,8-9,11-12,16,22H,7,10,13-15,17-18H2,1-3H3. The molecule has 0 aromatic heterocycles. The highest BCUT2D eigenvalue weighted by Gasteiger charge is 2.33. The number of hydrogen-bond acceptors (Lipinski definition) is 6. The smallest absolute Gasteiger partial charge is 0.306 e. The van der Waals surface area contributed by atoms with E-state index in [-0.39, 0.29) is 30.9 Å². The lowest BCUT2D eigenvalue weighted by Gasteiger charge is -2.30. The number of carbonyl (C=O) groups is 2. The third-order valence-electron chi connectivity index (χ3n) is 5.84. The second-order valence-corrected chi connectivity index (χ2v) is 7.88. The summed E-state index contributed by atoms with van der Waals surface area (Å²) in [5.41, 5.74) is 2.06. The molecule has 1 amide bonds. The minimum atomic E-state index is -0.282. The Bertz CT molecular complexity index is 902. The molecule has 1 atom stereocenters. The van der Waals surface area contributed by atoms with Gasteiger partial charge in [0.25, 0.3) is 0 Å². The topological polar surface area (TPSA) is 68.3 Å². The predicted octanol–water partition coefficient (Wildman–Crippen LogP) is 3.43. The first kappa shape index (κ1) is 23.6. The Balaban J connectivity index is 1.76. The van der Waals surface area contributed by atoms with Crippen molar-refractivity contribution >= 4 is 11.9 Å². The Morgan fingerprint density at radius 3 is 2.53 bits per heavy atom. The van der Waals surface area contributed by atoms with Crippen LogP contribution in [0.4, 0.5) is 0 Å². The van der Waals surface area contributed by atoms with Crippen LogP contribution >= 0.6 is 0 Å². The summed E-state index contributed by atoms with van der Waals surface area (Å²) in [4.78, 5) is 29.0. The number of benzene rings is 2. The van der Waals surface area contributed by atoms with Crippen LogP contribution in [0, 0.1) is 0 Å². The van der Waals surface area contributed by atoms with Crippen LogP contribution in [0.15, 0.2) is 48.5 Å². The van der Waals surface area contributed by atoms with Gasteiger partial charge in [0.15, 0.2) is 0 Å². The Kier molecular flexibility index (Phi) is 8.50. The highest BCUT2D eigenvalue weighted by atomic mass is 16.5. The molecule has 1 heterocycles. The summed E-state index contributed by atoms with van der Waals surface area (Å²) >= 11 is 0. The quantitative estimate of drug-likeness (QED) is 0.528. The van der Waals surface area contributed by atoms with Gasteiger partial charge in [0, 0.05) is 25.2 Å². The lowest BCUT2D eigenvalue weighted by molar-refractivity contribution is -0.142. The molecule has 1 unspecified atom stereocenters. The van der Waals surface area contributed by atoms with Crippen molar-refractivity contribution in [2.75, 3.05) is 41.0 Å². The van der Waals surface area contributed by atoms with Crippen molar-refractivity contribution in [3.8, 4) is 11.5 Å². The molecule has 0 spiro atoms. The maximum absolute atomic E-state index is 13.4. The van der Waals surface area contributed by atoms with Crippen molar-refractivity contribution in [3.05, 3.63) is 59.7 Å². The molecule has 0 saturated carbocycles. The van der Waals surface area contributed by atoms with Crippen LogP contribution in [-0.4, -0.2) is 62.6 Å². The molecule has 32 heavy (non-hydrogen) atoms. The summed E-state index contributed by atoms with van der Waals surface area (Å²) in [6, 6.07) is 15.6. The van der Waals surface area contributed by atoms with E-state index >= 15 is 0 Å². The summed E-state index contributed by atoms with van der Waals surface area (Å²) in [7, 11) is 4.65. The molecule has 1 fully saturated rings. The van der Waals surface area contributed by atoms with E-state index in [1.54, 1.807) is 14.2 Å². The highest BCUT2D eigenvalue weighted by Crippen LogP contribution is 2.39. The zero-order valence-electron chi connectivity index (χ0n) is 19.1. The predicted molar refractivity (Wildman–Crippen MR) is 122 cm³/mol. The monoisotopic (exact) mass is 440 g/mol. The fraction of sp³-hybridized carbons (Fsp3) is 0.440. The molecule has 1 aliphatic rings. The van der Waals surface area contributed by atoms with Crippen LogP contribution in [0.3, 0.4) is 0 Å². The van der Waals surface area contributed by atoms with Gasteiger partial charge in [-0.15, -0.1) is 0 Å². The second-order valence-electron chi connectivity index (χ2n) is 7.88. The van der Waals surface area contributed by atoms with Crippen LogP contribution in [0.1, 0.15) is 36.4 Å². The number of esters is 1. The van der Waals surface area contributed by atoms with Gasteiger partial charge in [-0.05, 0) is 36.6 Å². The van der Waals surface area contributed by atoms with E-state index in [1.165, 1.54) is 7.11 Å². The van der Waals surface area contributed by atoms with Crippen LogP contribution in [0.5, 0.6) is 11.5 Å². The molecule has 0 bridgehead atoms. The summed E-state index contributed by atoms with van der Waals surface area (Å²) in [5.74, 6) is 1.25. The Hall–Kier alpha value is -3.06. The number of likely N-dealkylation sites (tertiary alicyclic amines) is 1. The summed E-state index contributed by atoms with van der Waals surface area (Å²) in [6.45, 7) is 1.97. The van der Waals surface area contributed by atoms with Crippen molar-refractivity contribution in [2.45, 2.75) is 31.8 Å². The number of ether oxygens (including phenoxy) is 3. The van der Waals surface area contributed by atoms with Crippen LogP contribution in [-0.2, 0) is 20.9 Å². The second kappa shape index (κ2) is 11.5. The molecule has 1 aliphatic heterocycles. The molecule has 0 radical (unpaired) electrons. The van der Waals surface area contributed by atoms with Crippen LogP contribution in [0.2, 0.25) is 0 Å². The fourth-order valence-electron chi connectivity index (χ4n) is 4.18. The van der Waals surface area contributed by atoms with Gasteiger partial charge in [0.1, 0.15) is 11.5 Å². The van der Waals surface area contributed by atoms with E-state index in [0.717, 1.165) is 35.5 Å². The van der Waals surface area contributed by atoms with Gasteiger partial charge in [0.05, 0.1) is 40.3 Å². The number of amides is 1. The number of nitrogens with zero attached hydrogens (tertiary/aromatic N) is 2. The van der Waals surface area contributed by atoms with Crippen molar-refractivity contribution in [1.82, 2.24) is 9.80 Å². The molecule has 0 aliphatic carbocycles. The molecule has 3 rings (SSSR count). The molecule has 0 N–H and O–H groups in total. The molecule has 7 heteroatoms. The maximum atomic E-state index is 13.4. The molecule has 2 aromatic rings. The van der Waals surface area contributed by atoms with Crippen molar-refractivity contribution in [3.63, 3.8) is 0 Å². The lowest BCUT2D eigenvalue weighted by Crippen LogP contribution is -2.40. The SMILES string of the molecule is COC(=O)CCN(CC(=O)N1CCCC1c1cc(OC)ccc1OC)Cc1ccccc1. The largest absolute Gasteiger partial charge is 0.497 e. The average molecular weight is 441 g/mol. The molecule has 172 valence electrons. The first-order valence-corrected chi connectivity index (χ1v) is 10.9. The zero-order valence-corrected chi connectivity index (χ0v) is 19.1. The maximum Gasteiger partial charge on any atom is 0.306 e. The average Bonchev–Trinajstić information content (AvgIpc) is 3.32. The van der Waals surface area contributed by atoms with Crippen molar-refractivity contribution in [1.29, 1.82) is 0 Å². The number of hydrogen-bond donors (Lipinski definition) is 0. The normalized spacial score (nSPS) is 15.6. The van der Waals surface area contributed by atoms with Gasteiger partial charge in [-0.3, -0.25) is 14.5 Å². The first-order valence-electron chi connectivity index (χ1n) is 10.9. The first-order chi connectivity index (χ1) is 15.5. The summed E-state index contributed by atoms with van der Waals surface area (Å²) in [5, 5.41) is 0. The molecule has 2 aromatic carbocycles. The van der Waals surface area contributed by atoms with Crippen molar-refractivity contribution in [2.24, 2.45) is 0 Å². The molecule has 7 nitrogen and oxygen atoms in total. The number of methoxy groups -OCH3 is 3. The van der Waals surface area contributed by atoms with E-state index < -0.39 is 0 Å². The molecule has 1 saturated heterocycles. The van der Waals surface area contributed by atoms with Gasteiger partial charge in [-0.2, -0.15) is 0 Å². The molecular formula is C25H32N2O5. The summed E-state index contributed by atoms with van der Waals surface area (Å²) in [6.07, 6.45) is 2.04. The lowest BCUT2D eigenvalue weighted by atomic mass is 10.0. The minimum Gasteiger partial charge on any atom is -0.497 e. The van der Waals surface area contributed by atoms with E-state index in [4.69, 9.17) is 14.2 Å². The van der Waals surface area contributed by atoms with Crippen molar-refractivity contribution < 1.29 is 23.8 Å². The Morgan fingerprint density at radius 1 is 1.06 bits per heavy atom. The van der Waals surface area contributed by atoms with Crippen LogP contribution < -0.4 is 9.47 Å². The van der Waals surface area contributed by atoms with Gasteiger partial charge >= 0.3 is 5.97 Å². The van der Waals surface area contributed by atoms with Gasteiger partial charge in [-0.25, -0.2) is 0 Å². The zero-order chi connectivity index (χ0) is 22.9. The third kappa shape index (κ3) is 6.01. The molecular weight excluding hydrogens is 408 g/mol. The third-order valence-corrected chi connectivity index (χ3v) is 5.84. The van der Waals surface area contributed by atoms with Crippen LogP contribution in [0.25, 0.3) is 0 Å². The van der Waals surface area contributed by atoms with E-state index in [9.17, 15) is 9.59 Å². The highest BCUT2D eigenvalue weighted by molar-refractivity contribution is 5.79. The van der Waals surface area contributed by atoms with E-state index in [0.29, 0.717) is 19.6 Å². The van der Waals surface area contributed by atoms with E-state index in [1.807, 2.05) is 58.3 Å². The fourth-order valence-corrected chi connectivity index (χ4v) is 4.18. The number of carbonyl (C=O) groups excluding carboxylic acids is 2. The van der Waals surface area contributed by atoms with Gasteiger partial charge in [-0.1, -0.05) is 30.3 Å². The summed E-state index contributed by atoms with van der Waals surface area (Å²) < 4.78 is 15.8. The van der Waals surface area contributed by atoms with E-state index in [2.05, 4.69) is 0 Å². The Morgan fingerprint density at radius 2 is 1.84 bits per heavy atom. The van der Waals surface area contributed by atoms with Gasteiger partial charge < -0.3 is 19.1 Å². The minimum absolute atomic E-state index is 0.0400. The Labute approximate surface area is 189 Å². The van der Waals surface area contributed by atoms with Gasteiger partial charge in [0.2, 0.25) is 5.91 Å².